The highest BCUT2D eigenvalue weighted by atomic mass is 35.5. The number of nitriles is 1. The predicted molar refractivity (Wildman–Crippen MR) is 104 cm³/mol. The van der Waals surface area contributed by atoms with Gasteiger partial charge in [-0.1, -0.05) is 30.7 Å². The molecular weight excluding hydrogens is 379 g/mol. The third-order valence-electron chi connectivity index (χ3n) is 4.32. The fourth-order valence-corrected chi connectivity index (χ4v) is 2.96. The highest BCUT2D eigenvalue weighted by molar-refractivity contribution is 6.30. The van der Waals surface area contributed by atoms with E-state index in [1.54, 1.807) is 22.9 Å². The molecule has 2 aromatic carbocycles. The minimum absolute atomic E-state index is 0.01000. The minimum atomic E-state index is -0.538. The summed E-state index contributed by atoms with van der Waals surface area (Å²) in [7, 11) is 0. The van der Waals surface area contributed by atoms with Gasteiger partial charge in [0.05, 0.1) is 16.7 Å². The van der Waals surface area contributed by atoms with Crippen LogP contribution in [0, 0.1) is 17.1 Å². The molecule has 0 spiro atoms. The number of ketones is 1. The first-order valence-corrected chi connectivity index (χ1v) is 9.28. The van der Waals surface area contributed by atoms with Crippen LogP contribution in [0.5, 0.6) is 0 Å². The number of benzene rings is 2. The zero-order chi connectivity index (χ0) is 20.1. The zero-order valence-electron chi connectivity index (χ0n) is 15.3. The maximum atomic E-state index is 13.7. The Morgan fingerprint density at radius 3 is 2.82 bits per heavy atom. The summed E-state index contributed by atoms with van der Waals surface area (Å²) in [4.78, 5) is 16.8. The molecule has 1 heterocycles. The lowest BCUT2D eigenvalue weighted by Crippen LogP contribution is -2.14. The average Bonchev–Trinajstić information content (AvgIpc) is 3.11. The highest BCUT2D eigenvalue weighted by Gasteiger charge is 2.14. The van der Waals surface area contributed by atoms with Gasteiger partial charge in [0.15, 0.2) is 11.6 Å². The second-order valence-corrected chi connectivity index (χ2v) is 6.75. The van der Waals surface area contributed by atoms with Crippen LogP contribution in [0.2, 0.25) is 5.02 Å². The number of Topliss-reactive ketones (excluding diaryl/α,β-unsaturated/α-hetero) is 1. The van der Waals surface area contributed by atoms with Crippen molar-refractivity contribution in [2.75, 3.05) is 0 Å². The SMILES string of the molecule is CCc1nc(-c2ccc(Cl)c(F)c2)nn1CC(=O)CCc1cccc(C#N)c1. The van der Waals surface area contributed by atoms with Crippen molar-refractivity contribution >= 4 is 17.4 Å². The molecule has 0 aliphatic heterocycles. The average molecular weight is 397 g/mol. The van der Waals surface area contributed by atoms with E-state index in [0.29, 0.717) is 42.0 Å². The quantitative estimate of drug-likeness (QED) is 0.594. The molecule has 3 aromatic rings. The molecule has 3 rings (SSSR count). The molecule has 0 N–H and O–H groups in total. The number of carbonyl (C=O) groups is 1. The Morgan fingerprint density at radius 1 is 1.29 bits per heavy atom. The van der Waals surface area contributed by atoms with E-state index in [2.05, 4.69) is 16.2 Å². The summed E-state index contributed by atoms with van der Waals surface area (Å²) >= 11 is 5.72. The third kappa shape index (κ3) is 4.62. The molecule has 0 bridgehead atoms. The van der Waals surface area contributed by atoms with E-state index in [1.807, 2.05) is 19.1 Å². The molecule has 142 valence electrons. The Kier molecular flexibility index (Phi) is 6.17. The van der Waals surface area contributed by atoms with Crippen molar-refractivity contribution in [1.29, 1.82) is 5.26 Å². The van der Waals surface area contributed by atoms with E-state index < -0.39 is 5.82 Å². The van der Waals surface area contributed by atoms with E-state index in [4.69, 9.17) is 16.9 Å². The molecule has 7 heteroatoms. The van der Waals surface area contributed by atoms with Crippen molar-refractivity contribution < 1.29 is 9.18 Å². The molecule has 0 unspecified atom stereocenters. The van der Waals surface area contributed by atoms with Crippen LogP contribution in [0.25, 0.3) is 11.4 Å². The zero-order valence-corrected chi connectivity index (χ0v) is 16.1. The van der Waals surface area contributed by atoms with Crippen LogP contribution >= 0.6 is 11.6 Å². The first-order chi connectivity index (χ1) is 13.5. The summed E-state index contributed by atoms with van der Waals surface area (Å²) in [6.07, 6.45) is 1.49. The molecule has 0 saturated heterocycles. The molecular formula is C21H18ClFN4O. The van der Waals surface area contributed by atoms with Gasteiger partial charge < -0.3 is 0 Å². The van der Waals surface area contributed by atoms with Gasteiger partial charge in [-0.2, -0.15) is 10.4 Å². The van der Waals surface area contributed by atoms with Gasteiger partial charge in [-0.15, -0.1) is 0 Å². The van der Waals surface area contributed by atoms with Crippen LogP contribution in [0.15, 0.2) is 42.5 Å². The van der Waals surface area contributed by atoms with Gasteiger partial charge in [0.1, 0.15) is 18.2 Å². The molecule has 5 nitrogen and oxygen atoms in total. The molecule has 0 radical (unpaired) electrons. The number of carbonyl (C=O) groups excluding carboxylic acids is 1. The monoisotopic (exact) mass is 396 g/mol. The third-order valence-corrected chi connectivity index (χ3v) is 4.62. The van der Waals surface area contributed by atoms with Gasteiger partial charge in [-0.25, -0.2) is 14.1 Å². The highest BCUT2D eigenvalue weighted by Crippen LogP contribution is 2.22. The summed E-state index contributed by atoms with van der Waals surface area (Å²) in [5, 5.41) is 13.4. The van der Waals surface area contributed by atoms with Crippen molar-refractivity contribution in [3.05, 3.63) is 70.3 Å². The Labute approximate surface area is 167 Å². The van der Waals surface area contributed by atoms with Crippen LogP contribution in [-0.4, -0.2) is 20.5 Å². The van der Waals surface area contributed by atoms with E-state index in [1.165, 1.54) is 12.1 Å². The second kappa shape index (κ2) is 8.77. The normalized spacial score (nSPS) is 10.6. The van der Waals surface area contributed by atoms with Crippen molar-refractivity contribution in [3.8, 4) is 17.5 Å². The summed E-state index contributed by atoms with van der Waals surface area (Å²) < 4.78 is 15.3. The number of aromatic nitrogens is 3. The maximum Gasteiger partial charge on any atom is 0.181 e. The van der Waals surface area contributed by atoms with Gasteiger partial charge in [0.2, 0.25) is 0 Å². The Balaban J connectivity index is 1.70. The number of hydrogen-bond donors (Lipinski definition) is 0. The summed E-state index contributed by atoms with van der Waals surface area (Å²) in [6.45, 7) is 2.02. The van der Waals surface area contributed by atoms with Crippen LogP contribution < -0.4 is 0 Å². The standard InChI is InChI=1S/C21H18ClFN4O/c1-2-20-25-21(16-7-9-18(22)19(23)11-16)26-27(20)13-17(28)8-6-14-4-3-5-15(10-14)12-24/h3-5,7,9-11H,2,6,8,13H2,1H3. The fourth-order valence-electron chi connectivity index (χ4n) is 2.85. The van der Waals surface area contributed by atoms with Crippen LogP contribution in [0.4, 0.5) is 4.39 Å². The maximum absolute atomic E-state index is 13.7. The smallest absolute Gasteiger partial charge is 0.181 e. The predicted octanol–water partition coefficient (Wildman–Crippen LogP) is 4.37. The lowest BCUT2D eigenvalue weighted by atomic mass is 10.1. The summed E-state index contributed by atoms with van der Waals surface area (Å²) in [5.41, 5.74) is 2.03. The molecule has 0 atom stereocenters. The topological polar surface area (TPSA) is 71.6 Å². The first-order valence-electron chi connectivity index (χ1n) is 8.90. The van der Waals surface area contributed by atoms with E-state index in [-0.39, 0.29) is 17.4 Å². The summed E-state index contributed by atoms with van der Waals surface area (Å²) in [5.74, 6) is 0.493. The number of halogens is 2. The van der Waals surface area contributed by atoms with E-state index >= 15 is 0 Å². The van der Waals surface area contributed by atoms with Crippen LogP contribution in [0.1, 0.15) is 30.3 Å². The van der Waals surface area contributed by atoms with Gasteiger partial charge in [-0.3, -0.25) is 4.79 Å². The molecule has 1 aromatic heterocycles. The van der Waals surface area contributed by atoms with Gasteiger partial charge in [0, 0.05) is 18.4 Å². The molecule has 0 aliphatic carbocycles. The molecule has 0 fully saturated rings. The summed E-state index contributed by atoms with van der Waals surface area (Å²) in [6, 6.07) is 13.7. The van der Waals surface area contributed by atoms with Gasteiger partial charge in [-0.05, 0) is 42.3 Å². The van der Waals surface area contributed by atoms with Crippen molar-refractivity contribution in [2.45, 2.75) is 32.7 Å². The molecule has 28 heavy (non-hydrogen) atoms. The van der Waals surface area contributed by atoms with Gasteiger partial charge in [0.25, 0.3) is 0 Å². The Bertz CT molecular complexity index is 1050. The van der Waals surface area contributed by atoms with Crippen LogP contribution in [0.3, 0.4) is 0 Å². The Morgan fingerprint density at radius 2 is 2.11 bits per heavy atom. The van der Waals surface area contributed by atoms with Crippen molar-refractivity contribution in [3.63, 3.8) is 0 Å². The van der Waals surface area contributed by atoms with Crippen LogP contribution in [-0.2, 0) is 24.2 Å². The number of aryl methyl sites for hydroxylation is 2. The van der Waals surface area contributed by atoms with Gasteiger partial charge >= 0.3 is 0 Å². The number of nitrogens with zero attached hydrogens (tertiary/aromatic N) is 4. The first kappa shape index (κ1) is 19.7. The number of rotatable bonds is 7. The van der Waals surface area contributed by atoms with Crippen molar-refractivity contribution in [2.24, 2.45) is 0 Å². The minimum Gasteiger partial charge on any atom is -0.298 e. The van der Waals surface area contributed by atoms with E-state index in [9.17, 15) is 9.18 Å². The molecule has 0 saturated carbocycles. The lowest BCUT2D eigenvalue weighted by Gasteiger charge is -2.04. The Hall–Kier alpha value is -3.04. The molecule has 0 aliphatic rings. The lowest BCUT2D eigenvalue weighted by molar-refractivity contribution is -0.119. The fraction of sp³-hybridized carbons (Fsp3) is 0.238. The molecule has 0 amide bonds. The van der Waals surface area contributed by atoms with Crippen molar-refractivity contribution in [1.82, 2.24) is 14.8 Å². The second-order valence-electron chi connectivity index (χ2n) is 6.34. The van der Waals surface area contributed by atoms with E-state index in [0.717, 1.165) is 5.56 Å². The largest absolute Gasteiger partial charge is 0.298 e. The number of hydrogen-bond acceptors (Lipinski definition) is 4.